The van der Waals surface area contributed by atoms with Crippen LogP contribution in [-0.2, 0) is 12.8 Å². The number of rotatable bonds is 9. The molecule has 2 aromatic rings. The Morgan fingerprint density at radius 3 is 2.82 bits per heavy atom. The van der Waals surface area contributed by atoms with Crippen LogP contribution in [0.4, 0.5) is 11.5 Å². The second-order valence-corrected chi connectivity index (χ2v) is 4.67. The van der Waals surface area contributed by atoms with E-state index in [4.69, 9.17) is 5.11 Å². The Kier molecular flexibility index (Phi) is 5.78. The third-order valence-corrected chi connectivity index (χ3v) is 3.11. The fraction of sp³-hybridized carbons (Fsp3) is 0.462. The van der Waals surface area contributed by atoms with Crippen LogP contribution < -0.4 is 5.32 Å². The first-order chi connectivity index (χ1) is 10.7. The first-order valence-corrected chi connectivity index (χ1v) is 7.03. The summed E-state index contributed by atoms with van der Waals surface area (Å²) in [4.78, 5) is 25.9. The van der Waals surface area contributed by atoms with Crippen LogP contribution in [0.1, 0.15) is 24.4 Å². The highest BCUT2D eigenvalue weighted by Crippen LogP contribution is 2.25. The number of H-pyrrole nitrogens is 1. The van der Waals surface area contributed by atoms with E-state index in [0.29, 0.717) is 37.9 Å². The molecule has 0 aromatic carbocycles. The van der Waals surface area contributed by atoms with Gasteiger partial charge in [0, 0.05) is 38.4 Å². The fourth-order valence-electron chi connectivity index (χ4n) is 2.03. The lowest BCUT2D eigenvalue weighted by atomic mass is 10.2. The summed E-state index contributed by atoms with van der Waals surface area (Å²) >= 11 is 0. The molecule has 0 aliphatic heterocycles. The maximum absolute atomic E-state index is 11.3. The lowest BCUT2D eigenvalue weighted by Crippen LogP contribution is -2.10. The Morgan fingerprint density at radius 2 is 2.14 bits per heavy atom. The van der Waals surface area contributed by atoms with Gasteiger partial charge in [0.25, 0.3) is 0 Å². The smallest absolute Gasteiger partial charge is 0.332 e. The molecular formula is C13H18N6O3. The average Bonchev–Trinajstić information content (AvgIpc) is 3.02. The van der Waals surface area contributed by atoms with Crippen molar-refractivity contribution >= 4 is 11.5 Å². The molecule has 0 spiro atoms. The molecule has 0 aliphatic carbocycles. The number of anilines is 1. The highest BCUT2D eigenvalue weighted by Gasteiger charge is 2.22. The van der Waals surface area contributed by atoms with E-state index in [1.807, 2.05) is 0 Å². The minimum Gasteiger partial charge on any atom is -0.396 e. The largest absolute Gasteiger partial charge is 0.396 e. The van der Waals surface area contributed by atoms with Gasteiger partial charge in [0.2, 0.25) is 5.82 Å². The minimum atomic E-state index is -0.466. The van der Waals surface area contributed by atoms with Gasteiger partial charge in [0.1, 0.15) is 17.8 Å². The third kappa shape index (κ3) is 4.22. The Balaban J connectivity index is 2.09. The minimum absolute atomic E-state index is 0.0990. The molecule has 9 heteroatoms. The van der Waals surface area contributed by atoms with Crippen LogP contribution in [0.5, 0.6) is 0 Å². The summed E-state index contributed by atoms with van der Waals surface area (Å²) in [5, 5.41) is 23.0. The van der Waals surface area contributed by atoms with E-state index in [1.165, 1.54) is 6.33 Å². The number of aliphatic hydroxyl groups excluding tert-OH is 1. The number of unbranched alkanes of at least 4 members (excludes halogenated alkanes) is 1. The van der Waals surface area contributed by atoms with E-state index < -0.39 is 4.92 Å². The summed E-state index contributed by atoms with van der Waals surface area (Å²) < 4.78 is 0. The van der Waals surface area contributed by atoms with Crippen molar-refractivity contribution in [1.82, 2.24) is 19.9 Å². The van der Waals surface area contributed by atoms with Gasteiger partial charge in [-0.25, -0.2) is 15.0 Å². The van der Waals surface area contributed by atoms with Gasteiger partial charge >= 0.3 is 5.69 Å². The number of hydrogen-bond acceptors (Lipinski definition) is 7. The van der Waals surface area contributed by atoms with Crippen molar-refractivity contribution in [3.05, 3.63) is 40.4 Å². The number of aliphatic hydroxyl groups is 1. The van der Waals surface area contributed by atoms with Gasteiger partial charge in [0.05, 0.1) is 4.92 Å². The number of nitrogens with zero attached hydrogens (tertiary/aromatic N) is 4. The van der Waals surface area contributed by atoms with Gasteiger partial charge < -0.3 is 15.4 Å². The van der Waals surface area contributed by atoms with Crippen molar-refractivity contribution in [3.63, 3.8) is 0 Å². The molecule has 118 valence electrons. The van der Waals surface area contributed by atoms with Crippen LogP contribution in [0, 0.1) is 10.1 Å². The Labute approximate surface area is 127 Å². The Bertz CT molecular complexity index is 602. The van der Waals surface area contributed by atoms with Crippen LogP contribution >= 0.6 is 0 Å². The molecule has 2 rings (SSSR count). The van der Waals surface area contributed by atoms with Crippen molar-refractivity contribution < 1.29 is 10.0 Å². The predicted molar refractivity (Wildman–Crippen MR) is 79.5 cm³/mol. The molecule has 0 fully saturated rings. The monoisotopic (exact) mass is 306 g/mol. The van der Waals surface area contributed by atoms with Crippen molar-refractivity contribution in [3.8, 4) is 0 Å². The molecule has 9 nitrogen and oxygen atoms in total. The lowest BCUT2D eigenvalue weighted by Gasteiger charge is -2.08. The van der Waals surface area contributed by atoms with Crippen molar-refractivity contribution in [2.24, 2.45) is 0 Å². The number of imidazole rings is 1. The highest BCUT2D eigenvalue weighted by atomic mass is 16.6. The van der Waals surface area contributed by atoms with E-state index in [2.05, 4.69) is 25.3 Å². The number of nitrogens with one attached hydrogen (secondary N) is 2. The van der Waals surface area contributed by atoms with Crippen LogP contribution in [0.2, 0.25) is 0 Å². The normalized spacial score (nSPS) is 10.6. The lowest BCUT2D eigenvalue weighted by molar-refractivity contribution is -0.385. The molecule has 0 atom stereocenters. The number of nitro groups is 1. The van der Waals surface area contributed by atoms with Gasteiger partial charge in [-0.05, 0) is 12.8 Å². The number of aryl methyl sites for hydroxylation is 2. The molecule has 0 radical (unpaired) electrons. The highest BCUT2D eigenvalue weighted by molar-refractivity contribution is 5.58. The zero-order chi connectivity index (χ0) is 15.8. The molecule has 2 heterocycles. The van der Waals surface area contributed by atoms with Crippen molar-refractivity contribution in [1.29, 1.82) is 0 Å². The maximum Gasteiger partial charge on any atom is 0.332 e. The molecule has 0 saturated heterocycles. The van der Waals surface area contributed by atoms with Gasteiger partial charge in [-0.15, -0.1) is 0 Å². The van der Waals surface area contributed by atoms with E-state index in [0.717, 1.165) is 5.82 Å². The Morgan fingerprint density at radius 1 is 1.27 bits per heavy atom. The van der Waals surface area contributed by atoms with E-state index in [1.54, 1.807) is 12.4 Å². The fourth-order valence-corrected chi connectivity index (χ4v) is 2.03. The standard InChI is InChI=1S/C13H18N6O3/c20-8-2-1-5-16-13-12(19(21)22)10(17-9-18-13)3-4-11-14-6-7-15-11/h6-7,9,20H,1-5,8H2,(H,14,15)(H,16,17,18). The van der Waals surface area contributed by atoms with E-state index in [-0.39, 0.29) is 18.1 Å². The number of hydrogen-bond donors (Lipinski definition) is 3. The molecule has 22 heavy (non-hydrogen) atoms. The van der Waals surface area contributed by atoms with Gasteiger partial charge in [-0.1, -0.05) is 0 Å². The van der Waals surface area contributed by atoms with E-state index in [9.17, 15) is 10.1 Å². The van der Waals surface area contributed by atoms with Crippen molar-refractivity contribution in [2.45, 2.75) is 25.7 Å². The molecule has 0 amide bonds. The van der Waals surface area contributed by atoms with Gasteiger partial charge in [-0.2, -0.15) is 0 Å². The number of aromatic amines is 1. The van der Waals surface area contributed by atoms with Crippen LogP contribution in [0.25, 0.3) is 0 Å². The summed E-state index contributed by atoms with van der Waals surface area (Å²) in [6.45, 7) is 0.609. The maximum atomic E-state index is 11.3. The molecule has 0 bridgehead atoms. The quantitative estimate of drug-likeness (QED) is 0.359. The Hall–Kier alpha value is -2.55. The van der Waals surface area contributed by atoms with Crippen LogP contribution in [-0.4, -0.2) is 43.1 Å². The number of aromatic nitrogens is 4. The first kappa shape index (κ1) is 15.8. The second kappa shape index (κ2) is 8.03. The van der Waals surface area contributed by atoms with Gasteiger partial charge in [0.15, 0.2) is 0 Å². The summed E-state index contributed by atoms with van der Waals surface area (Å²) in [6, 6.07) is 0. The molecule has 2 aromatic heterocycles. The second-order valence-electron chi connectivity index (χ2n) is 4.67. The first-order valence-electron chi connectivity index (χ1n) is 7.03. The molecular weight excluding hydrogens is 288 g/mol. The van der Waals surface area contributed by atoms with Crippen LogP contribution in [0.15, 0.2) is 18.7 Å². The molecule has 0 saturated carbocycles. The van der Waals surface area contributed by atoms with Crippen molar-refractivity contribution in [2.75, 3.05) is 18.5 Å². The summed E-state index contributed by atoms with van der Waals surface area (Å²) in [7, 11) is 0. The van der Waals surface area contributed by atoms with Crippen LogP contribution in [0.3, 0.4) is 0 Å². The zero-order valence-electron chi connectivity index (χ0n) is 12.0. The zero-order valence-corrected chi connectivity index (χ0v) is 12.0. The topological polar surface area (TPSA) is 130 Å². The van der Waals surface area contributed by atoms with E-state index >= 15 is 0 Å². The predicted octanol–water partition coefficient (Wildman–Crippen LogP) is 1.08. The molecule has 0 unspecified atom stereocenters. The summed E-state index contributed by atoms with van der Waals surface area (Å²) in [5.41, 5.74) is 0.277. The van der Waals surface area contributed by atoms with Gasteiger partial charge in [-0.3, -0.25) is 10.1 Å². The molecule has 3 N–H and O–H groups in total. The average molecular weight is 306 g/mol. The molecule has 0 aliphatic rings. The SMILES string of the molecule is O=[N+]([O-])c1c(CCc2ncc[nH]2)ncnc1NCCCCO. The summed E-state index contributed by atoms with van der Waals surface area (Å²) in [5.74, 6) is 0.970. The summed E-state index contributed by atoms with van der Waals surface area (Å²) in [6.07, 6.45) is 6.94. The third-order valence-electron chi connectivity index (χ3n) is 3.11.